The van der Waals surface area contributed by atoms with Crippen LogP contribution in [0.15, 0.2) is 24.3 Å². The first-order valence-corrected chi connectivity index (χ1v) is 7.00. The van der Waals surface area contributed by atoms with Crippen molar-refractivity contribution >= 4 is 11.6 Å². The van der Waals surface area contributed by atoms with Crippen LogP contribution in [0, 0.1) is 5.41 Å². The van der Waals surface area contributed by atoms with Gasteiger partial charge in [-0.05, 0) is 37.1 Å². The van der Waals surface area contributed by atoms with Gasteiger partial charge in [-0.2, -0.15) is 0 Å². The maximum atomic E-state index is 12.3. The number of carbonyl (C=O) groups excluding carboxylic acids is 1. The summed E-state index contributed by atoms with van der Waals surface area (Å²) in [7, 11) is 0. The van der Waals surface area contributed by atoms with Crippen LogP contribution in [0.2, 0.25) is 0 Å². The van der Waals surface area contributed by atoms with Gasteiger partial charge in [0.15, 0.2) is 0 Å². The van der Waals surface area contributed by atoms with Crippen LogP contribution in [0.5, 0.6) is 0 Å². The number of hydrogen-bond acceptors (Lipinski definition) is 3. The zero-order valence-corrected chi connectivity index (χ0v) is 11.2. The molecule has 4 nitrogen and oxygen atoms in total. The summed E-state index contributed by atoms with van der Waals surface area (Å²) in [6, 6.07) is 7.59. The zero-order chi connectivity index (χ0) is 13.3. The van der Waals surface area contributed by atoms with Crippen LogP contribution in [-0.4, -0.2) is 37.0 Å². The number of nitrogen functional groups attached to an aromatic ring is 1. The van der Waals surface area contributed by atoms with E-state index in [2.05, 4.69) is 5.32 Å². The number of nitrogens with zero attached hydrogens (tertiary/aromatic N) is 1. The molecule has 1 atom stereocenters. The largest absolute Gasteiger partial charge is 0.399 e. The lowest BCUT2D eigenvalue weighted by molar-refractivity contribution is -0.129. The lowest BCUT2D eigenvalue weighted by atomic mass is 9.86. The van der Waals surface area contributed by atoms with Gasteiger partial charge < -0.3 is 16.0 Å². The maximum Gasteiger partial charge on any atom is 0.227 e. The SMILES string of the molecule is Nc1ccc(CC(=O)N2CCC3(CCNC3)C2)cc1. The van der Waals surface area contributed by atoms with E-state index in [9.17, 15) is 4.79 Å². The van der Waals surface area contributed by atoms with Crippen LogP contribution >= 0.6 is 0 Å². The fourth-order valence-electron chi connectivity index (χ4n) is 3.21. The molecule has 2 fully saturated rings. The molecule has 2 saturated heterocycles. The fraction of sp³-hybridized carbons (Fsp3) is 0.533. The van der Waals surface area contributed by atoms with Crippen molar-refractivity contribution < 1.29 is 4.79 Å². The molecule has 0 aromatic heterocycles. The van der Waals surface area contributed by atoms with Crippen LogP contribution in [0.3, 0.4) is 0 Å². The van der Waals surface area contributed by atoms with Crippen molar-refractivity contribution in [3.05, 3.63) is 29.8 Å². The van der Waals surface area contributed by atoms with Gasteiger partial charge in [0, 0.05) is 30.7 Å². The second-order valence-corrected chi connectivity index (χ2v) is 5.91. The Balaban J connectivity index is 1.61. The Hall–Kier alpha value is -1.55. The number of likely N-dealkylation sites (tertiary alicyclic amines) is 1. The Labute approximate surface area is 114 Å². The quantitative estimate of drug-likeness (QED) is 0.780. The van der Waals surface area contributed by atoms with Crippen LogP contribution in [0.25, 0.3) is 0 Å². The second kappa shape index (κ2) is 4.85. The number of hydrogen-bond donors (Lipinski definition) is 2. The third-order valence-corrected chi connectivity index (χ3v) is 4.46. The average Bonchev–Trinajstić information content (AvgIpc) is 3.03. The molecule has 3 N–H and O–H groups in total. The minimum absolute atomic E-state index is 0.244. The number of carbonyl (C=O) groups is 1. The maximum absolute atomic E-state index is 12.3. The predicted octanol–water partition coefficient (Wildman–Crippen LogP) is 1.02. The van der Waals surface area contributed by atoms with Crippen molar-refractivity contribution in [2.24, 2.45) is 5.41 Å². The Morgan fingerprint density at radius 1 is 1.32 bits per heavy atom. The van der Waals surface area contributed by atoms with Crippen LogP contribution < -0.4 is 11.1 Å². The molecule has 1 unspecified atom stereocenters. The first-order chi connectivity index (χ1) is 9.17. The summed E-state index contributed by atoms with van der Waals surface area (Å²) in [4.78, 5) is 14.3. The Kier molecular flexibility index (Phi) is 3.19. The lowest BCUT2D eigenvalue weighted by Gasteiger charge is -2.22. The third kappa shape index (κ3) is 2.59. The molecule has 2 aliphatic heterocycles. The van der Waals surface area contributed by atoms with Crippen molar-refractivity contribution in [2.45, 2.75) is 19.3 Å². The lowest BCUT2D eigenvalue weighted by Crippen LogP contribution is -2.34. The zero-order valence-electron chi connectivity index (χ0n) is 11.2. The van der Waals surface area contributed by atoms with E-state index in [0.29, 0.717) is 11.8 Å². The molecule has 2 heterocycles. The van der Waals surface area contributed by atoms with E-state index in [1.807, 2.05) is 29.2 Å². The molecule has 0 saturated carbocycles. The number of anilines is 1. The molecule has 0 aliphatic carbocycles. The molecule has 2 aliphatic rings. The van der Waals surface area contributed by atoms with Gasteiger partial charge in [-0.15, -0.1) is 0 Å². The molecule has 1 amide bonds. The van der Waals surface area contributed by atoms with Gasteiger partial charge in [0.2, 0.25) is 5.91 Å². The molecule has 1 aromatic rings. The van der Waals surface area contributed by atoms with E-state index >= 15 is 0 Å². The Morgan fingerprint density at radius 2 is 2.11 bits per heavy atom. The van der Waals surface area contributed by atoms with Gasteiger partial charge in [0.25, 0.3) is 0 Å². The second-order valence-electron chi connectivity index (χ2n) is 5.91. The highest BCUT2D eigenvalue weighted by atomic mass is 16.2. The number of benzene rings is 1. The summed E-state index contributed by atoms with van der Waals surface area (Å²) in [5.41, 5.74) is 7.80. The van der Waals surface area contributed by atoms with E-state index in [4.69, 9.17) is 5.73 Å². The van der Waals surface area contributed by atoms with Crippen molar-refractivity contribution in [3.63, 3.8) is 0 Å². The number of rotatable bonds is 2. The van der Waals surface area contributed by atoms with Crippen molar-refractivity contribution in [3.8, 4) is 0 Å². The highest BCUT2D eigenvalue weighted by Crippen LogP contribution is 2.36. The minimum atomic E-state index is 0.244. The Morgan fingerprint density at radius 3 is 2.79 bits per heavy atom. The average molecular weight is 259 g/mol. The van der Waals surface area contributed by atoms with Gasteiger partial charge in [-0.25, -0.2) is 0 Å². The number of nitrogens with two attached hydrogens (primary N) is 1. The van der Waals surface area contributed by atoms with E-state index in [1.54, 1.807) is 0 Å². The Bertz CT molecular complexity index is 463. The van der Waals surface area contributed by atoms with Gasteiger partial charge >= 0.3 is 0 Å². The summed E-state index contributed by atoms with van der Waals surface area (Å²) in [6.45, 7) is 4.00. The van der Waals surface area contributed by atoms with Gasteiger partial charge in [0.1, 0.15) is 0 Å². The third-order valence-electron chi connectivity index (χ3n) is 4.46. The number of nitrogens with one attached hydrogen (secondary N) is 1. The summed E-state index contributed by atoms with van der Waals surface area (Å²) in [5, 5.41) is 3.42. The molecule has 19 heavy (non-hydrogen) atoms. The highest BCUT2D eigenvalue weighted by molar-refractivity contribution is 5.79. The molecule has 0 radical (unpaired) electrons. The fourth-order valence-corrected chi connectivity index (χ4v) is 3.21. The first kappa shape index (κ1) is 12.5. The topological polar surface area (TPSA) is 58.4 Å². The van der Waals surface area contributed by atoms with Crippen molar-refractivity contribution in [2.75, 3.05) is 31.9 Å². The first-order valence-electron chi connectivity index (χ1n) is 7.00. The van der Waals surface area contributed by atoms with Crippen molar-refractivity contribution in [1.82, 2.24) is 10.2 Å². The summed E-state index contributed by atoms with van der Waals surface area (Å²) in [5.74, 6) is 0.244. The minimum Gasteiger partial charge on any atom is -0.399 e. The van der Waals surface area contributed by atoms with E-state index in [1.165, 1.54) is 6.42 Å². The molecule has 1 aromatic carbocycles. The molecular formula is C15H21N3O. The van der Waals surface area contributed by atoms with E-state index < -0.39 is 0 Å². The summed E-state index contributed by atoms with van der Waals surface area (Å²) < 4.78 is 0. The van der Waals surface area contributed by atoms with E-state index in [-0.39, 0.29) is 5.91 Å². The van der Waals surface area contributed by atoms with E-state index in [0.717, 1.165) is 43.9 Å². The van der Waals surface area contributed by atoms with Gasteiger partial charge in [-0.3, -0.25) is 4.79 Å². The molecule has 3 rings (SSSR count). The molecule has 1 spiro atoms. The smallest absolute Gasteiger partial charge is 0.227 e. The molecule has 4 heteroatoms. The highest BCUT2D eigenvalue weighted by Gasteiger charge is 2.41. The standard InChI is InChI=1S/C15H21N3O/c16-13-3-1-12(2-4-13)9-14(19)18-8-6-15(11-18)5-7-17-10-15/h1-4,17H,5-11,16H2. The predicted molar refractivity (Wildman–Crippen MR) is 75.7 cm³/mol. The monoisotopic (exact) mass is 259 g/mol. The van der Waals surface area contributed by atoms with Gasteiger partial charge in [0.05, 0.1) is 6.42 Å². The molecule has 0 bridgehead atoms. The van der Waals surface area contributed by atoms with Gasteiger partial charge in [-0.1, -0.05) is 12.1 Å². The van der Waals surface area contributed by atoms with Crippen LogP contribution in [0.4, 0.5) is 5.69 Å². The molecular weight excluding hydrogens is 238 g/mol. The normalized spacial score (nSPS) is 26.2. The van der Waals surface area contributed by atoms with Crippen LogP contribution in [0.1, 0.15) is 18.4 Å². The summed E-state index contributed by atoms with van der Waals surface area (Å²) >= 11 is 0. The number of amides is 1. The molecule has 102 valence electrons. The summed E-state index contributed by atoms with van der Waals surface area (Å²) in [6.07, 6.45) is 2.84. The van der Waals surface area contributed by atoms with Crippen LogP contribution in [-0.2, 0) is 11.2 Å². The van der Waals surface area contributed by atoms with Crippen molar-refractivity contribution in [1.29, 1.82) is 0 Å².